The van der Waals surface area contributed by atoms with Crippen molar-refractivity contribution in [2.75, 3.05) is 5.32 Å². The molecule has 3 aromatic heterocycles. The van der Waals surface area contributed by atoms with Gasteiger partial charge in [0.05, 0.1) is 11.7 Å². The van der Waals surface area contributed by atoms with Crippen molar-refractivity contribution in [2.45, 2.75) is 32.2 Å². The van der Waals surface area contributed by atoms with E-state index in [0.717, 1.165) is 31.3 Å². The zero-order chi connectivity index (χ0) is 20.0. The molecule has 0 fully saturated rings. The predicted octanol–water partition coefficient (Wildman–Crippen LogP) is 4.00. The largest absolute Gasteiger partial charge is 0.325 e. The monoisotopic (exact) mass is 392 g/mol. The van der Waals surface area contributed by atoms with Crippen LogP contribution < -0.4 is 5.32 Å². The van der Waals surface area contributed by atoms with Gasteiger partial charge in [-0.05, 0) is 31.9 Å². The van der Waals surface area contributed by atoms with Crippen LogP contribution in [0.5, 0.6) is 0 Å². The molecular formula is C20H16F2N7. The number of aromatic nitrogens is 6. The van der Waals surface area contributed by atoms with E-state index in [1.165, 1.54) is 18.5 Å². The van der Waals surface area contributed by atoms with Gasteiger partial charge < -0.3 is 4.57 Å². The highest BCUT2D eigenvalue weighted by Crippen LogP contribution is 2.34. The number of fused-ring (bicyclic) bond motifs is 3. The second-order valence-electron chi connectivity index (χ2n) is 6.99. The van der Waals surface area contributed by atoms with E-state index in [0.29, 0.717) is 16.6 Å². The van der Waals surface area contributed by atoms with Gasteiger partial charge in [0.1, 0.15) is 17.0 Å². The topological polar surface area (TPSA) is 81.4 Å². The van der Waals surface area contributed by atoms with Crippen molar-refractivity contribution in [3.63, 3.8) is 0 Å². The first-order valence-corrected chi connectivity index (χ1v) is 9.28. The highest BCUT2D eigenvalue weighted by atomic mass is 19.1. The molecule has 0 spiro atoms. The summed E-state index contributed by atoms with van der Waals surface area (Å²) in [6, 6.07) is 5.90. The van der Waals surface area contributed by atoms with Crippen molar-refractivity contribution in [1.29, 1.82) is 0 Å². The van der Waals surface area contributed by atoms with Crippen molar-refractivity contribution in [2.24, 2.45) is 0 Å². The van der Waals surface area contributed by atoms with E-state index in [-0.39, 0.29) is 23.6 Å². The van der Waals surface area contributed by atoms with Crippen molar-refractivity contribution < 1.29 is 8.78 Å². The highest BCUT2D eigenvalue weighted by molar-refractivity contribution is 5.83. The van der Waals surface area contributed by atoms with Crippen LogP contribution in [0.25, 0.3) is 22.3 Å². The normalized spacial score (nSPS) is 16.0. The molecule has 0 aliphatic carbocycles. The molecular weight excluding hydrogens is 376 g/mol. The summed E-state index contributed by atoms with van der Waals surface area (Å²) in [6.45, 7) is 2.08. The number of nitrogens with zero attached hydrogens (tertiary/aromatic N) is 6. The fraction of sp³-hybridized carbons (Fsp3) is 0.250. The summed E-state index contributed by atoms with van der Waals surface area (Å²) in [7, 11) is 0. The van der Waals surface area contributed by atoms with Crippen LogP contribution in [0.1, 0.15) is 31.6 Å². The minimum Gasteiger partial charge on any atom is -0.325 e. The van der Waals surface area contributed by atoms with Crippen molar-refractivity contribution in [3.8, 4) is 11.3 Å². The molecule has 1 atom stereocenters. The summed E-state index contributed by atoms with van der Waals surface area (Å²) >= 11 is 0. The Balaban J connectivity index is 1.62. The van der Waals surface area contributed by atoms with Gasteiger partial charge in [-0.2, -0.15) is 0 Å². The number of benzene rings is 1. The van der Waals surface area contributed by atoms with Crippen LogP contribution in [0.15, 0.2) is 30.7 Å². The molecule has 145 valence electrons. The molecule has 0 amide bonds. The van der Waals surface area contributed by atoms with Crippen molar-refractivity contribution >= 4 is 22.9 Å². The second kappa shape index (κ2) is 6.84. The predicted molar refractivity (Wildman–Crippen MR) is 102 cm³/mol. The first-order valence-electron chi connectivity index (χ1n) is 9.28. The number of hydrogen-bond acceptors (Lipinski definition) is 6. The molecule has 29 heavy (non-hydrogen) atoms. The molecule has 1 aliphatic rings. The van der Waals surface area contributed by atoms with Crippen molar-refractivity contribution in [3.05, 3.63) is 54.2 Å². The molecule has 1 radical (unpaired) electrons. The SMILES string of the molecule is CC1CCCc2nc3c(F)cc(-c4nc(Nc5nc[c]cn5)ncc4F)cc3n21. The molecule has 0 saturated carbocycles. The molecule has 5 rings (SSSR count). The third-order valence-electron chi connectivity index (χ3n) is 5.05. The summed E-state index contributed by atoms with van der Waals surface area (Å²) in [5.74, 6) is 0.0702. The van der Waals surface area contributed by atoms with E-state index in [9.17, 15) is 8.78 Å². The Morgan fingerprint density at radius 1 is 1.07 bits per heavy atom. The number of rotatable bonds is 3. The fourth-order valence-electron chi connectivity index (χ4n) is 3.75. The quantitative estimate of drug-likeness (QED) is 0.568. The molecule has 9 heteroatoms. The van der Waals surface area contributed by atoms with E-state index in [2.05, 4.69) is 43.2 Å². The Morgan fingerprint density at radius 2 is 1.90 bits per heavy atom. The second-order valence-corrected chi connectivity index (χ2v) is 6.99. The minimum absolute atomic E-state index is 0.00944. The number of hydrogen-bond donors (Lipinski definition) is 1. The maximum atomic E-state index is 14.8. The lowest BCUT2D eigenvalue weighted by Crippen LogP contribution is -2.15. The van der Waals surface area contributed by atoms with Gasteiger partial charge in [-0.25, -0.2) is 33.7 Å². The average Bonchev–Trinajstić information content (AvgIpc) is 3.11. The first-order chi connectivity index (χ1) is 14.1. The third-order valence-corrected chi connectivity index (χ3v) is 5.05. The molecule has 0 bridgehead atoms. The molecule has 1 aliphatic heterocycles. The molecule has 4 heterocycles. The minimum atomic E-state index is -0.650. The first kappa shape index (κ1) is 17.6. The van der Waals surface area contributed by atoms with Crippen LogP contribution in [0.4, 0.5) is 20.7 Å². The van der Waals surface area contributed by atoms with Crippen molar-refractivity contribution in [1.82, 2.24) is 29.5 Å². The molecule has 7 nitrogen and oxygen atoms in total. The summed E-state index contributed by atoms with van der Waals surface area (Å²) < 4.78 is 31.4. The van der Waals surface area contributed by atoms with E-state index < -0.39 is 11.6 Å². The van der Waals surface area contributed by atoms with Gasteiger partial charge >= 0.3 is 0 Å². The van der Waals surface area contributed by atoms with Crippen LogP contribution in [0, 0.1) is 17.7 Å². The summed E-state index contributed by atoms with van der Waals surface area (Å²) in [6.07, 6.45) is 6.73. The Morgan fingerprint density at radius 3 is 2.72 bits per heavy atom. The van der Waals surface area contributed by atoms with Gasteiger partial charge in [-0.1, -0.05) is 0 Å². The molecule has 1 N–H and O–H groups in total. The standard InChI is InChI=1S/C20H16F2N7/c1-11-4-2-5-16-26-18-13(21)8-12(9-15(18)29(11)16)17-14(22)10-25-20(27-17)28-19-23-6-3-7-24-19/h6-11H,2,4-5H2,1H3,(H,23,24,25,27,28). The number of imidazole rings is 1. The zero-order valence-corrected chi connectivity index (χ0v) is 15.5. The summed E-state index contributed by atoms with van der Waals surface area (Å²) in [5.41, 5.74) is 1.27. The van der Waals surface area contributed by atoms with E-state index >= 15 is 0 Å². The third kappa shape index (κ3) is 3.08. The number of nitrogens with one attached hydrogen (secondary N) is 1. The van der Waals surface area contributed by atoms with Gasteiger partial charge in [0.15, 0.2) is 11.6 Å². The van der Waals surface area contributed by atoms with Crippen LogP contribution in [-0.2, 0) is 6.42 Å². The van der Waals surface area contributed by atoms with Crippen LogP contribution >= 0.6 is 0 Å². The lowest BCUT2D eigenvalue weighted by Gasteiger charge is -2.22. The maximum Gasteiger partial charge on any atom is 0.230 e. The maximum absolute atomic E-state index is 14.8. The molecule has 0 saturated heterocycles. The molecule has 1 unspecified atom stereocenters. The van der Waals surface area contributed by atoms with Crippen LogP contribution in [-0.4, -0.2) is 29.5 Å². The Labute approximate surface area is 164 Å². The lowest BCUT2D eigenvalue weighted by atomic mass is 10.1. The lowest BCUT2D eigenvalue weighted by molar-refractivity contribution is 0.436. The average molecular weight is 392 g/mol. The molecule has 4 aromatic rings. The van der Waals surface area contributed by atoms with E-state index in [4.69, 9.17) is 0 Å². The molecule has 1 aromatic carbocycles. The Hall–Kier alpha value is -3.49. The van der Waals surface area contributed by atoms with Gasteiger partial charge in [0, 0.05) is 36.5 Å². The van der Waals surface area contributed by atoms with Gasteiger partial charge in [0.25, 0.3) is 0 Å². The number of aryl methyl sites for hydroxylation is 1. The number of anilines is 2. The summed E-state index contributed by atoms with van der Waals surface area (Å²) in [5, 5.41) is 2.80. The Bertz CT molecular complexity index is 1210. The number of halogens is 2. The van der Waals surface area contributed by atoms with Gasteiger partial charge in [-0.15, -0.1) is 0 Å². The van der Waals surface area contributed by atoms with E-state index in [1.54, 1.807) is 6.07 Å². The highest BCUT2D eigenvalue weighted by Gasteiger charge is 2.23. The summed E-state index contributed by atoms with van der Waals surface area (Å²) in [4.78, 5) is 20.6. The smallest absolute Gasteiger partial charge is 0.230 e. The van der Waals surface area contributed by atoms with Crippen LogP contribution in [0.3, 0.4) is 0 Å². The van der Waals surface area contributed by atoms with Gasteiger partial charge in [0.2, 0.25) is 11.9 Å². The Kier molecular flexibility index (Phi) is 4.15. The van der Waals surface area contributed by atoms with Crippen LogP contribution in [0.2, 0.25) is 0 Å². The van der Waals surface area contributed by atoms with E-state index in [1.807, 2.05) is 4.57 Å². The van der Waals surface area contributed by atoms with Gasteiger partial charge in [-0.3, -0.25) is 5.32 Å². The fourth-order valence-corrected chi connectivity index (χ4v) is 3.75. The zero-order valence-electron chi connectivity index (χ0n) is 15.5.